The number of benzene rings is 1. The molecule has 1 saturated heterocycles. The molecule has 0 radical (unpaired) electrons. The molecule has 17 heavy (non-hydrogen) atoms. The van der Waals surface area contributed by atoms with Crippen LogP contribution in [-0.2, 0) is 0 Å². The first-order valence-corrected chi connectivity index (χ1v) is 6.73. The van der Waals surface area contributed by atoms with Gasteiger partial charge >= 0.3 is 0 Å². The van der Waals surface area contributed by atoms with Crippen LogP contribution in [0.5, 0.6) is 5.75 Å². The van der Waals surface area contributed by atoms with E-state index in [0.717, 1.165) is 0 Å². The van der Waals surface area contributed by atoms with Gasteiger partial charge in [-0.3, -0.25) is 4.90 Å². The molecule has 0 saturated carbocycles. The summed E-state index contributed by atoms with van der Waals surface area (Å²) >= 11 is 0. The van der Waals surface area contributed by atoms with Gasteiger partial charge in [0.05, 0.1) is 0 Å². The van der Waals surface area contributed by atoms with Crippen molar-refractivity contribution in [2.24, 2.45) is 0 Å². The maximum absolute atomic E-state index is 9.56. The molecule has 0 amide bonds. The maximum atomic E-state index is 9.56. The van der Waals surface area contributed by atoms with E-state index in [1.807, 2.05) is 12.1 Å². The summed E-state index contributed by atoms with van der Waals surface area (Å²) in [5.74, 6) is 0.372. The molecule has 2 rings (SSSR count). The molecule has 1 heterocycles. The van der Waals surface area contributed by atoms with E-state index in [-0.39, 0.29) is 0 Å². The largest absolute Gasteiger partial charge is 0.508 e. The van der Waals surface area contributed by atoms with E-state index in [4.69, 9.17) is 0 Å². The number of phenolic OH excluding ortho intramolecular Hbond substituents is 1. The number of aromatic hydroxyl groups is 1. The molecule has 94 valence electrons. The van der Waals surface area contributed by atoms with Crippen molar-refractivity contribution in [1.29, 1.82) is 0 Å². The summed E-state index contributed by atoms with van der Waals surface area (Å²) in [6.45, 7) is 5.75. The third-order valence-corrected chi connectivity index (χ3v) is 3.95. The van der Waals surface area contributed by atoms with Crippen LogP contribution in [0.1, 0.15) is 51.1 Å². The number of likely N-dealkylation sites (tertiary alicyclic amines) is 1. The number of nitrogens with zero attached hydrogens (tertiary/aromatic N) is 1. The van der Waals surface area contributed by atoms with Gasteiger partial charge in [0.15, 0.2) is 0 Å². The van der Waals surface area contributed by atoms with E-state index in [1.165, 1.54) is 37.8 Å². The number of hydrogen-bond donors (Lipinski definition) is 1. The third-order valence-electron chi connectivity index (χ3n) is 3.95. The smallest absolute Gasteiger partial charge is 0.115 e. The Morgan fingerprint density at radius 2 is 2.12 bits per heavy atom. The van der Waals surface area contributed by atoms with Gasteiger partial charge < -0.3 is 5.11 Å². The molecule has 2 nitrogen and oxygen atoms in total. The second-order valence-corrected chi connectivity index (χ2v) is 5.21. The van der Waals surface area contributed by atoms with Gasteiger partial charge in [-0.25, -0.2) is 0 Å². The Balaban J connectivity index is 2.14. The Morgan fingerprint density at radius 3 is 2.88 bits per heavy atom. The van der Waals surface area contributed by atoms with Crippen molar-refractivity contribution in [2.45, 2.75) is 51.6 Å². The lowest BCUT2D eigenvalue weighted by atomic mass is 10.0. The number of phenols is 1. The van der Waals surface area contributed by atoms with Crippen LogP contribution in [-0.4, -0.2) is 22.6 Å². The Morgan fingerprint density at radius 1 is 1.29 bits per heavy atom. The SMILES string of the molecule is CC1CCCCCN1C(C)c1cccc(O)c1. The van der Waals surface area contributed by atoms with Gasteiger partial charge in [-0.2, -0.15) is 0 Å². The fourth-order valence-corrected chi connectivity index (χ4v) is 2.85. The minimum atomic E-state index is 0.372. The summed E-state index contributed by atoms with van der Waals surface area (Å²) in [5.41, 5.74) is 1.22. The number of hydrogen-bond acceptors (Lipinski definition) is 2. The molecule has 2 unspecified atom stereocenters. The van der Waals surface area contributed by atoms with E-state index in [9.17, 15) is 5.11 Å². The molecule has 2 atom stereocenters. The lowest BCUT2D eigenvalue weighted by molar-refractivity contribution is 0.158. The topological polar surface area (TPSA) is 23.5 Å². The van der Waals surface area contributed by atoms with Crippen LogP contribution in [0.3, 0.4) is 0 Å². The lowest BCUT2D eigenvalue weighted by Gasteiger charge is -2.33. The van der Waals surface area contributed by atoms with Crippen LogP contribution in [0.25, 0.3) is 0 Å². The van der Waals surface area contributed by atoms with Gasteiger partial charge in [-0.15, -0.1) is 0 Å². The van der Waals surface area contributed by atoms with E-state index < -0.39 is 0 Å². The predicted molar refractivity (Wildman–Crippen MR) is 71.2 cm³/mol. The van der Waals surface area contributed by atoms with E-state index in [0.29, 0.717) is 17.8 Å². The summed E-state index contributed by atoms with van der Waals surface area (Å²) in [7, 11) is 0. The van der Waals surface area contributed by atoms with Gasteiger partial charge in [0.2, 0.25) is 0 Å². The first-order chi connectivity index (χ1) is 8.18. The lowest BCUT2D eigenvalue weighted by Crippen LogP contribution is -2.34. The number of rotatable bonds is 2. The van der Waals surface area contributed by atoms with Crippen molar-refractivity contribution < 1.29 is 5.11 Å². The summed E-state index contributed by atoms with van der Waals surface area (Å²) in [6, 6.07) is 8.72. The van der Waals surface area contributed by atoms with Crippen LogP contribution in [0.15, 0.2) is 24.3 Å². The predicted octanol–water partition coefficient (Wildman–Crippen LogP) is 3.72. The molecule has 1 N–H and O–H groups in total. The van der Waals surface area contributed by atoms with Crippen LogP contribution in [0, 0.1) is 0 Å². The van der Waals surface area contributed by atoms with Crippen molar-refractivity contribution in [2.75, 3.05) is 6.54 Å². The Bertz CT molecular complexity index is 364. The maximum Gasteiger partial charge on any atom is 0.115 e. The third kappa shape index (κ3) is 3.01. The highest BCUT2D eigenvalue weighted by Crippen LogP contribution is 2.28. The van der Waals surface area contributed by atoms with Crippen LogP contribution in [0.2, 0.25) is 0 Å². The van der Waals surface area contributed by atoms with E-state index in [2.05, 4.69) is 24.8 Å². The highest BCUT2D eigenvalue weighted by Gasteiger charge is 2.22. The summed E-state index contributed by atoms with van der Waals surface area (Å²) in [5, 5.41) is 9.56. The van der Waals surface area contributed by atoms with Crippen molar-refractivity contribution in [3.05, 3.63) is 29.8 Å². The van der Waals surface area contributed by atoms with Crippen molar-refractivity contribution in [3.63, 3.8) is 0 Å². The average Bonchev–Trinajstić information content (AvgIpc) is 2.53. The molecule has 0 bridgehead atoms. The summed E-state index contributed by atoms with van der Waals surface area (Å²) in [4.78, 5) is 2.57. The van der Waals surface area contributed by atoms with Crippen LogP contribution < -0.4 is 0 Å². The molecule has 0 aromatic heterocycles. The van der Waals surface area contributed by atoms with Crippen molar-refractivity contribution in [1.82, 2.24) is 4.90 Å². The molecular formula is C15H23NO. The zero-order valence-corrected chi connectivity index (χ0v) is 10.9. The Kier molecular flexibility index (Phi) is 4.06. The minimum absolute atomic E-state index is 0.372. The van der Waals surface area contributed by atoms with Crippen LogP contribution >= 0.6 is 0 Å². The molecule has 0 spiro atoms. The minimum Gasteiger partial charge on any atom is -0.508 e. The van der Waals surface area contributed by atoms with Gasteiger partial charge in [0, 0.05) is 12.1 Å². The second-order valence-electron chi connectivity index (χ2n) is 5.21. The molecule has 1 aromatic carbocycles. The molecule has 2 heteroatoms. The van der Waals surface area contributed by atoms with E-state index >= 15 is 0 Å². The highest BCUT2D eigenvalue weighted by molar-refractivity contribution is 5.29. The Hall–Kier alpha value is -1.02. The second kappa shape index (κ2) is 5.54. The van der Waals surface area contributed by atoms with Crippen molar-refractivity contribution >= 4 is 0 Å². The molecule has 1 fully saturated rings. The zero-order valence-electron chi connectivity index (χ0n) is 10.9. The van der Waals surface area contributed by atoms with Gasteiger partial charge in [0.25, 0.3) is 0 Å². The quantitative estimate of drug-likeness (QED) is 0.841. The van der Waals surface area contributed by atoms with Crippen molar-refractivity contribution in [3.8, 4) is 5.75 Å². The molecular weight excluding hydrogens is 210 g/mol. The average molecular weight is 233 g/mol. The fraction of sp³-hybridized carbons (Fsp3) is 0.600. The zero-order chi connectivity index (χ0) is 12.3. The highest BCUT2D eigenvalue weighted by atomic mass is 16.3. The van der Waals surface area contributed by atoms with Crippen LogP contribution in [0.4, 0.5) is 0 Å². The molecule has 0 aliphatic carbocycles. The summed E-state index contributed by atoms with van der Waals surface area (Å²) < 4.78 is 0. The first kappa shape index (κ1) is 12.4. The normalized spacial score (nSPS) is 24.2. The Labute approximate surface area is 104 Å². The standard InChI is InChI=1S/C15H23NO/c1-12-7-4-3-5-10-16(12)13(2)14-8-6-9-15(17)11-14/h6,8-9,11-13,17H,3-5,7,10H2,1-2H3. The molecule has 1 aliphatic heterocycles. The molecule has 1 aliphatic rings. The first-order valence-electron chi connectivity index (χ1n) is 6.73. The van der Waals surface area contributed by atoms with Gasteiger partial charge in [-0.1, -0.05) is 25.0 Å². The van der Waals surface area contributed by atoms with Gasteiger partial charge in [-0.05, 0) is 50.9 Å². The molecule has 1 aromatic rings. The fourth-order valence-electron chi connectivity index (χ4n) is 2.85. The monoisotopic (exact) mass is 233 g/mol. The van der Waals surface area contributed by atoms with Gasteiger partial charge in [0.1, 0.15) is 5.75 Å². The summed E-state index contributed by atoms with van der Waals surface area (Å²) in [6.07, 6.45) is 5.30. The van der Waals surface area contributed by atoms with E-state index in [1.54, 1.807) is 6.07 Å².